The van der Waals surface area contributed by atoms with Gasteiger partial charge in [-0.3, -0.25) is 4.79 Å². The molecule has 0 radical (unpaired) electrons. The van der Waals surface area contributed by atoms with Gasteiger partial charge in [0.15, 0.2) is 6.29 Å². The third-order valence-corrected chi connectivity index (χ3v) is 2.37. The van der Waals surface area contributed by atoms with Crippen molar-refractivity contribution < 1.29 is 15.0 Å². The quantitative estimate of drug-likeness (QED) is 0.503. The molecule has 16 heavy (non-hydrogen) atoms. The van der Waals surface area contributed by atoms with Crippen LogP contribution in [-0.2, 0) is 0 Å². The Balaban J connectivity index is 3.05. The Bertz CT molecular complexity index is 382. The summed E-state index contributed by atoms with van der Waals surface area (Å²) in [5, 5.41) is 21.0. The number of nitrogens with one attached hydrogen (secondary N) is 1. The molecule has 88 valence electrons. The number of hydrogen-bond acceptors (Lipinski definition) is 6. The number of aldehydes is 1. The second kappa shape index (κ2) is 5.20. The van der Waals surface area contributed by atoms with Crippen molar-refractivity contribution in [3.8, 4) is 0 Å². The van der Waals surface area contributed by atoms with Crippen LogP contribution in [0.25, 0.3) is 0 Å². The van der Waals surface area contributed by atoms with Gasteiger partial charge in [-0.2, -0.15) is 0 Å². The van der Waals surface area contributed by atoms with Gasteiger partial charge in [-0.25, -0.2) is 9.97 Å². The molecule has 0 saturated carbocycles. The summed E-state index contributed by atoms with van der Waals surface area (Å²) in [5.74, 6) is 0.181. The van der Waals surface area contributed by atoms with Gasteiger partial charge in [0.25, 0.3) is 0 Å². The fourth-order valence-corrected chi connectivity index (χ4v) is 1.17. The van der Waals surface area contributed by atoms with Crippen molar-refractivity contribution in [2.24, 2.45) is 0 Å². The van der Waals surface area contributed by atoms with Crippen LogP contribution in [0.5, 0.6) is 0 Å². The van der Waals surface area contributed by atoms with Crippen molar-refractivity contribution in [3.05, 3.63) is 17.0 Å². The summed E-state index contributed by atoms with van der Waals surface area (Å²) in [7, 11) is 0. The van der Waals surface area contributed by atoms with Crippen molar-refractivity contribution in [3.63, 3.8) is 0 Å². The molecule has 1 aromatic heterocycles. The van der Waals surface area contributed by atoms with E-state index in [1.165, 1.54) is 6.33 Å². The van der Waals surface area contributed by atoms with Gasteiger partial charge in [0, 0.05) is 0 Å². The van der Waals surface area contributed by atoms with Crippen LogP contribution < -0.4 is 5.32 Å². The maximum absolute atomic E-state index is 10.8. The van der Waals surface area contributed by atoms with Gasteiger partial charge in [0.1, 0.15) is 17.3 Å². The van der Waals surface area contributed by atoms with Crippen LogP contribution in [0, 0.1) is 0 Å². The lowest BCUT2D eigenvalue weighted by molar-refractivity contribution is 0.112. The number of nitrogens with zero attached hydrogens (tertiary/aromatic N) is 2. The van der Waals surface area contributed by atoms with Crippen LogP contribution >= 0.6 is 11.6 Å². The van der Waals surface area contributed by atoms with Crippen LogP contribution in [0.1, 0.15) is 17.3 Å². The normalized spacial score (nSPS) is 11.2. The predicted octanol–water partition coefficient (Wildman–Crippen LogP) is 0.0977. The van der Waals surface area contributed by atoms with Crippen LogP contribution in [-0.4, -0.2) is 45.2 Å². The first kappa shape index (κ1) is 12.8. The smallest absolute Gasteiger partial charge is 0.156 e. The fraction of sp³-hybridized carbons (Fsp3) is 0.444. The van der Waals surface area contributed by atoms with E-state index in [4.69, 9.17) is 21.8 Å². The summed E-state index contributed by atoms with van der Waals surface area (Å²) in [4.78, 5) is 18.3. The Morgan fingerprint density at radius 1 is 1.50 bits per heavy atom. The molecule has 0 fully saturated rings. The molecule has 7 heteroatoms. The average molecular weight is 246 g/mol. The summed E-state index contributed by atoms with van der Waals surface area (Å²) >= 11 is 5.70. The topological polar surface area (TPSA) is 95.3 Å². The van der Waals surface area contributed by atoms with Gasteiger partial charge >= 0.3 is 0 Å². The van der Waals surface area contributed by atoms with E-state index < -0.39 is 5.54 Å². The number of aliphatic hydroxyl groups is 2. The molecule has 1 rings (SSSR count). The molecule has 3 N–H and O–H groups in total. The van der Waals surface area contributed by atoms with E-state index in [0.29, 0.717) is 6.29 Å². The minimum atomic E-state index is -0.977. The van der Waals surface area contributed by atoms with Crippen LogP contribution in [0.4, 0.5) is 5.82 Å². The molecule has 0 unspecified atom stereocenters. The highest BCUT2D eigenvalue weighted by molar-refractivity contribution is 6.32. The molecule has 0 atom stereocenters. The third kappa shape index (κ3) is 2.66. The third-order valence-electron chi connectivity index (χ3n) is 2.07. The summed E-state index contributed by atoms with van der Waals surface area (Å²) in [6.07, 6.45) is 1.70. The molecule has 6 nitrogen and oxygen atoms in total. The Morgan fingerprint density at radius 2 is 2.12 bits per heavy atom. The van der Waals surface area contributed by atoms with E-state index in [9.17, 15) is 4.79 Å². The Hall–Kier alpha value is -1.24. The number of aromatic nitrogens is 2. The van der Waals surface area contributed by atoms with E-state index in [-0.39, 0.29) is 29.7 Å². The van der Waals surface area contributed by atoms with Crippen LogP contribution in [0.3, 0.4) is 0 Å². The summed E-state index contributed by atoms with van der Waals surface area (Å²) < 4.78 is 0. The zero-order valence-electron chi connectivity index (χ0n) is 8.64. The number of rotatable bonds is 5. The Morgan fingerprint density at radius 3 is 2.62 bits per heavy atom. The monoisotopic (exact) mass is 245 g/mol. The highest BCUT2D eigenvalue weighted by atomic mass is 35.5. The largest absolute Gasteiger partial charge is 0.394 e. The summed E-state index contributed by atoms with van der Waals surface area (Å²) in [6.45, 7) is 0.949. The lowest BCUT2D eigenvalue weighted by Crippen LogP contribution is -2.43. The second-order valence-electron chi connectivity index (χ2n) is 3.55. The first-order valence-electron chi connectivity index (χ1n) is 4.52. The lowest BCUT2D eigenvalue weighted by Gasteiger charge is -2.27. The molecule has 0 saturated heterocycles. The zero-order valence-corrected chi connectivity index (χ0v) is 9.40. The first-order valence-corrected chi connectivity index (χ1v) is 4.89. The first-order chi connectivity index (χ1) is 7.56. The number of hydrogen-bond donors (Lipinski definition) is 3. The molecule has 1 aromatic rings. The van der Waals surface area contributed by atoms with Crippen LogP contribution in [0.2, 0.25) is 5.15 Å². The number of carbonyl (C=O) groups excluding carboxylic acids is 1. The van der Waals surface area contributed by atoms with Crippen LogP contribution in [0.15, 0.2) is 6.33 Å². The maximum Gasteiger partial charge on any atom is 0.156 e. The van der Waals surface area contributed by atoms with E-state index in [2.05, 4.69) is 15.3 Å². The van der Waals surface area contributed by atoms with Crippen molar-refractivity contribution in [1.82, 2.24) is 9.97 Å². The molecule has 0 spiro atoms. The maximum atomic E-state index is 10.8. The van der Waals surface area contributed by atoms with Crippen molar-refractivity contribution >= 4 is 23.7 Å². The molecule has 0 aliphatic carbocycles. The van der Waals surface area contributed by atoms with Crippen molar-refractivity contribution in [2.45, 2.75) is 12.5 Å². The van der Waals surface area contributed by atoms with Crippen molar-refractivity contribution in [1.29, 1.82) is 0 Å². The van der Waals surface area contributed by atoms with Gasteiger partial charge < -0.3 is 15.5 Å². The highest BCUT2D eigenvalue weighted by Gasteiger charge is 2.24. The fourth-order valence-electron chi connectivity index (χ4n) is 0.993. The molecular weight excluding hydrogens is 234 g/mol. The number of halogens is 1. The van der Waals surface area contributed by atoms with E-state index in [1.807, 2.05) is 0 Å². The number of anilines is 1. The minimum absolute atomic E-state index is 0.0192. The van der Waals surface area contributed by atoms with Gasteiger partial charge in [0.2, 0.25) is 0 Å². The molecule has 0 aliphatic rings. The van der Waals surface area contributed by atoms with E-state index in [1.54, 1.807) is 6.92 Å². The predicted molar refractivity (Wildman–Crippen MR) is 58.6 cm³/mol. The molecule has 0 aliphatic heterocycles. The zero-order chi connectivity index (χ0) is 12.2. The van der Waals surface area contributed by atoms with Gasteiger partial charge in [0.05, 0.1) is 24.3 Å². The van der Waals surface area contributed by atoms with Crippen molar-refractivity contribution in [2.75, 3.05) is 18.5 Å². The Kier molecular flexibility index (Phi) is 4.17. The second-order valence-corrected chi connectivity index (χ2v) is 3.90. The van der Waals surface area contributed by atoms with Gasteiger partial charge in [-0.05, 0) is 6.92 Å². The standard InChI is InChI=1S/C9H12ClN3O3/c1-9(3-15,4-16)13-8-6(2-14)7(10)11-5-12-8/h2,5,15-16H,3-4H2,1H3,(H,11,12,13). The highest BCUT2D eigenvalue weighted by Crippen LogP contribution is 2.20. The summed E-state index contributed by atoms with van der Waals surface area (Å²) in [5.41, 5.74) is -0.882. The molecule has 0 aromatic carbocycles. The summed E-state index contributed by atoms with van der Waals surface area (Å²) in [6, 6.07) is 0. The molecular formula is C9H12ClN3O3. The number of carbonyl (C=O) groups is 1. The Labute approximate surface area is 97.3 Å². The molecule has 0 amide bonds. The minimum Gasteiger partial charge on any atom is -0.394 e. The number of aliphatic hydroxyl groups excluding tert-OH is 2. The van der Waals surface area contributed by atoms with E-state index >= 15 is 0 Å². The van der Waals surface area contributed by atoms with Gasteiger partial charge in [-0.15, -0.1) is 0 Å². The van der Waals surface area contributed by atoms with Gasteiger partial charge in [-0.1, -0.05) is 11.6 Å². The SMILES string of the molecule is CC(CO)(CO)Nc1ncnc(Cl)c1C=O. The van der Waals surface area contributed by atoms with E-state index in [0.717, 1.165) is 0 Å². The average Bonchev–Trinajstić information content (AvgIpc) is 2.29. The lowest BCUT2D eigenvalue weighted by atomic mass is 10.1. The molecule has 0 bridgehead atoms. The molecule has 1 heterocycles.